The minimum atomic E-state index is 0.219. The molecule has 0 saturated carbocycles. The van der Waals surface area contributed by atoms with Crippen LogP contribution in [0.4, 0.5) is 11.5 Å². The molecule has 2 aromatic heterocycles. The highest BCUT2D eigenvalue weighted by molar-refractivity contribution is 7.17. The lowest BCUT2D eigenvalue weighted by Crippen LogP contribution is -1.98. The van der Waals surface area contributed by atoms with Crippen molar-refractivity contribution in [1.82, 2.24) is 9.97 Å². The molecule has 0 spiro atoms. The fourth-order valence-electron chi connectivity index (χ4n) is 2.71. The van der Waals surface area contributed by atoms with Crippen LogP contribution in [0.25, 0.3) is 21.3 Å². The number of hydrogen-bond donors (Lipinski definition) is 1. The van der Waals surface area contributed by atoms with Crippen molar-refractivity contribution in [3.05, 3.63) is 69.8 Å². The number of rotatable bonds is 3. The zero-order valence-electron chi connectivity index (χ0n) is 13.3. The first-order valence-corrected chi connectivity index (χ1v) is 9.29. The van der Waals surface area contributed by atoms with E-state index in [0.29, 0.717) is 10.8 Å². The summed E-state index contributed by atoms with van der Waals surface area (Å²) in [5.74, 6) is 0.681. The van der Waals surface area contributed by atoms with Gasteiger partial charge in [0, 0.05) is 21.7 Å². The second kappa shape index (κ2) is 6.64. The minimum Gasteiger partial charge on any atom is -0.339 e. The Morgan fingerprint density at radius 3 is 2.56 bits per heavy atom. The summed E-state index contributed by atoms with van der Waals surface area (Å²) >= 11 is 13.9. The van der Waals surface area contributed by atoms with Gasteiger partial charge in [-0.3, -0.25) is 0 Å². The predicted molar refractivity (Wildman–Crippen MR) is 107 cm³/mol. The number of nitrogens with one attached hydrogen (secondary N) is 1. The Labute approximate surface area is 159 Å². The number of benzene rings is 2. The molecule has 4 rings (SSSR count). The molecule has 0 aliphatic heterocycles. The number of fused-ring (bicyclic) bond motifs is 1. The zero-order chi connectivity index (χ0) is 17.4. The lowest BCUT2D eigenvalue weighted by atomic mass is 10.1. The Bertz CT molecular complexity index is 1060. The number of thiophene rings is 1. The Morgan fingerprint density at radius 2 is 1.76 bits per heavy atom. The summed E-state index contributed by atoms with van der Waals surface area (Å²) in [6.45, 7) is 1.97. The molecule has 2 aromatic carbocycles. The van der Waals surface area contributed by atoms with E-state index in [9.17, 15) is 0 Å². The van der Waals surface area contributed by atoms with Crippen LogP contribution in [0, 0.1) is 6.92 Å². The topological polar surface area (TPSA) is 37.8 Å². The summed E-state index contributed by atoms with van der Waals surface area (Å²) in [6.07, 6.45) is 0. The molecule has 0 saturated heterocycles. The van der Waals surface area contributed by atoms with E-state index in [0.717, 1.165) is 32.6 Å². The molecule has 0 bridgehead atoms. The van der Waals surface area contributed by atoms with Crippen molar-refractivity contribution >= 4 is 56.3 Å². The van der Waals surface area contributed by atoms with Crippen LogP contribution < -0.4 is 5.32 Å². The number of nitrogens with zero attached hydrogens (tertiary/aromatic N) is 2. The highest BCUT2D eigenvalue weighted by Gasteiger charge is 2.16. The second-order valence-corrected chi connectivity index (χ2v) is 7.18. The van der Waals surface area contributed by atoms with Gasteiger partial charge in [0.25, 0.3) is 0 Å². The number of aromatic nitrogens is 2. The monoisotopic (exact) mass is 385 g/mol. The molecular formula is C19H13Cl2N3S. The van der Waals surface area contributed by atoms with Gasteiger partial charge in [-0.2, -0.15) is 4.98 Å². The molecule has 0 fully saturated rings. The van der Waals surface area contributed by atoms with E-state index in [4.69, 9.17) is 23.2 Å². The Balaban J connectivity index is 1.91. The third-order valence-corrected chi connectivity index (χ3v) is 5.46. The Kier molecular flexibility index (Phi) is 4.34. The number of hydrogen-bond acceptors (Lipinski definition) is 4. The molecule has 4 aromatic rings. The van der Waals surface area contributed by atoms with Crippen molar-refractivity contribution in [2.24, 2.45) is 0 Å². The van der Waals surface area contributed by atoms with Crippen molar-refractivity contribution in [2.45, 2.75) is 6.92 Å². The average molecular weight is 386 g/mol. The molecule has 0 aliphatic rings. The van der Waals surface area contributed by atoms with E-state index in [-0.39, 0.29) is 5.28 Å². The molecule has 1 N–H and O–H groups in total. The van der Waals surface area contributed by atoms with E-state index in [1.54, 1.807) is 11.3 Å². The van der Waals surface area contributed by atoms with Gasteiger partial charge < -0.3 is 5.32 Å². The van der Waals surface area contributed by atoms with Crippen LogP contribution >= 0.6 is 34.5 Å². The first kappa shape index (κ1) is 16.3. The van der Waals surface area contributed by atoms with Gasteiger partial charge in [-0.05, 0) is 41.8 Å². The molecule has 0 amide bonds. The predicted octanol–water partition coefficient (Wildman–Crippen LogP) is 6.72. The van der Waals surface area contributed by atoms with E-state index in [2.05, 4.69) is 32.8 Å². The summed E-state index contributed by atoms with van der Waals surface area (Å²) in [7, 11) is 0. The summed E-state index contributed by atoms with van der Waals surface area (Å²) in [5.41, 5.74) is 4.06. The Hall–Kier alpha value is -2.14. The third kappa shape index (κ3) is 3.09. The van der Waals surface area contributed by atoms with Crippen LogP contribution in [0.15, 0.2) is 53.9 Å². The second-order valence-electron chi connectivity index (χ2n) is 5.57. The Morgan fingerprint density at radius 1 is 0.960 bits per heavy atom. The van der Waals surface area contributed by atoms with Crippen molar-refractivity contribution in [2.75, 3.05) is 5.32 Å². The minimum absolute atomic E-state index is 0.219. The highest BCUT2D eigenvalue weighted by Crippen LogP contribution is 2.39. The summed E-state index contributed by atoms with van der Waals surface area (Å²) < 4.78 is 0. The fourth-order valence-corrected chi connectivity index (χ4v) is 4.05. The van der Waals surface area contributed by atoms with Crippen molar-refractivity contribution in [3.8, 4) is 11.1 Å². The van der Waals surface area contributed by atoms with Crippen LogP contribution in [0.3, 0.4) is 0 Å². The van der Waals surface area contributed by atoms with E-state index in [1.165, 1.54) is 0 Å². The van der Waals surface area contributed by atoms with Gasteiger partial charge in [0.1, 0.15) is 10.6 Å². The lowest BCUT2D eigenvalue weighted by Gasteiger charge is -2.12. The summed E-state index contributed by atoms with van der Waals surface area (Å²) in [5, 5.41) is 7.34. The highest BCUT2D eigenvalue weighted by atomic mass is 35.5. The van der Waals surface area contributed by atoms with Crippen LogP contribution in [-0.2, 0) is 0 Å². The summed E-state index contributed by atoms with van der Waals surface area (Å²) in [4.78, 5) is 9.65. The maximum absolute atomic E-state index is 6.24. The molecule has 0 aliphatic carbocycles. The maximum Gasteiger partial charge on any atom is 0.225 e. The molecule has 2 heterocycles. The number of anilines is 2. The quantitative estimate of drug-likeness (QED) is 0.397. The smallest absolute Gasteiger partial charge is 0.225 e. The lowest BCUT2D eigenvalue weighted by molar-refractivity contribution is 1.23. The zero-order valence-corrected chi connectivity index (χ0v) is 15.6. The SMILES string of the molecule is Cc1c(Cl)cccc1Nc1nc(Cl)nc2scc(-c3ccccc3)c12. The van der Waals surface area contributed by atoms with Crippen LogP contribution in [0.5, 0.6) is 0 Å². The third-order valence-electron chi connectivity index (χ3n) is 4.01. The fraction of sp³-hybridized carbons (Fsp3) is 0.0526. The van der Waals surface area contributed by atoms with Crippen LogP contribution in [-0.4, -0.2) is 9.97 Å². The van der Waals surface area contributed by atoms with Gasteiger partial charge in [0.15, 0.2) is 0 Å². The molecule has 0 atom stereocenters. The van der Waals surface area contributed by atoms with E-state index in [1.807, 2.05) is 43.3 Å². The van der Waals surface area contributed by atoms with Gasteiger partial charge in [-0.25, -0.2) is 4.98 Å². The molecule has 25 heavy (non-hydrogen) atoms. The molecule has 3 nitrogen and oxygen atoms in total. The molecular weight excluding hydrogens is 373 g/mol. The average Bonchev–Trinajstić information content (AvgIpc) is 3.03. The molecule has 0 radical (unpaired) electrons. The van der Waals surface area contributed by atoms with Gasteiger partial charge in [0.05, 0.1) is 5.39 Å². The number of halogens is 2. The first-order chi connectivity index (χ1) is 12.1. The standard InChI is InChI=1S/C19H13Cl2N3S/c1-11-14(20)8-5-9-15(11)22-17-16-13(12-6-3-2-4-7-12)10-25-18(16)24-19(21)23-17/h2-10H,1H3,(H,22,23,24). The van der Waals surface area contributed by atoms with Crippen LogP contribution in [0.1, 0.15) is 5.56 Å². The van der Waals surface area contributed by atoms with Gasteiger partial charge in [0.2, 0.25) is 5.28 Å². The molecule has 6 heteroatoms. The van der Waals surface area contributed by atoms with E-state index >= 15 is 0 Å². The molecule has 0 unspecified atom stereocenters. The molecule has 124 valence electrons. The van der Waals surface area contributed by atoms with E-state index < -0.39 is 0 Å². The first-order valence-electron chi connectivity index (χ1n) is 7.66. The summed E-state index contributed by atoms with van der Waals surface area (Å²) in [6, 6.07) is 15.9. The van der Waals surface area contributed by atoms with Gasteiger partial charge in [-0.1, -0.05) is 48.0 Å². The largest absolute Gasteiger partial charge is 0.339 e. The normalized spacial score (nSPS) is 11.0. The van der Waals surface area contributed by atoms with Crippen molar-refractivity contribution < 1.29 is 0 Å². The maximum atomic E-state index is 6.24. The van der Waals surface area contributed by atoms with Crippen molar-refractivity contribution in [3.63, 3.8) is 0 Å². The van der Waals surface area contributed by atoms with Gasteiger partial charge >= 0.3 is 0 Å². The van der Waals surface area contributed by atoms with Gasteiger partial charge in [-0.15, -0.1) is 11.3 Å². The van der Waals surface area contributed by atoms with Crippen LogP contribution in [0.2, 0.25) is 10.3 Å². The van der Waals surface area contributed by atoms with Crippen molar-refractivity contribution in [1.29, 1.82) is 0 Å².